The Bertz CT molecular complexity index is 767. The predicted octanol–water partition coefficient (Wildman–Crippen LogP) is 1.76. The van der Waals surface area contributed by atoms with Gasteiger partial charge in [-0.15, -0.1) is 0 Å². The number of carboxylic acid groups (broad SMARTS) is 1. The zero-order chi connectivity index (χ0) is 22.3. The number of esters is 2. The number of carbonyl (C=O) groups excluding carboxylic acids is 2. The average Bonchev–Trinajstić information content (AvgIpc) is 2.64. The Morgan fingerprint density at radius 3 is 2.50 bits per heavy atom. The quantitative estimate of drug-likeness (QED) is 0.467. The highest BCUT2D eigenvalue weighted by Crippen LogP contribution is 2.30. The van der Waals surface area contributed by atoms with Crippen molar-refractivity contribution in [2.24, 2.45) is 5.73 Å². The molecule has 10 heteroatoms. The van der Waals surface area contributed by atoms with E-state index in [0.29, 0.717) is 36.3 Å². The molecule has 4 atom stereocenters. The molecule has 1 saturated heterocycles. The Hall–Kier alpha value is -2.85. The molecule has 1 heterocycles. The summed E-state index contributed by atoms with van der Waals surface area (Å²) < 4.78 is 27.1. The summed E-state index contributed by atoms with van der Waals surface area (Å²) in [5.74, 6) is -0.638. The van der Waals surface area contributed by atoms with Gasteiger partial charge in [0.1, 0.15) is 18.5 Å². The highest BCUT2D eigenvalue weighted by atomic mass is 16.7. The third-order valence-corrected chi connectivity index (χ3v) is 4.33. The molecule has 3 N–H and O–H groups in total. The molecule has 1 aliphatic heterocycles. The second kappa shape index (κ2) is 10.8. The number of nitrogens with two attached hydrogens (primary N) is 1. The van der Waals surface area contributed by atoms with Crippen LogP contribution in [0.15, 0.2) is 18.2 Å². The van der Waals surface area contributed by atoms with Gasteiger partial charge in [0, 0.05) is 20.3 Å². The molecular weight excluding hydrogens is 398 g/mol. The van der Waals surface area contributed by atoms with Gasteiger partial charge in [0.25, 0.3) is 0 Å². The molecule has 30 heavy (non-hydrogen) atoms. The van der Waals surface area contributed by atoms with Gasteiger partial charge in [-0.3, -0.25) is 9.59 Å². The molecule has 1 aliphatic rings. The van der Waals surface area contributed by atoms with Crippen molar-refractivity contribution in [1.29, 1.82) is 0 Å². The van der Waals surface area contributed by atoms with Crippen LogP contribution in [-0.4, -0.2) is 54.3 Å². The van der Waals surface area contributed by atoms with E-state index in [1.807, 2.05) is 0 Å². The van der Waals surface area contributed by atoms with Gasteiger partial charge in [-0.1, -0.05) is 6.07 Å². The Morgan fingerprint density at radius 1 is 1.20 bits per heavy atom. The lowest BCUT2D eigenvalue weighted by atomic mass is 10.0. The highest BCUT2D eigenvalue weighted by Gasteiger charge is 2.43. The smallest absolute Gasteiger partial charge is 0.460 e. The second-order valence-electron chi connectivity index (χ2n) is 6.93. The maximum Gasteiger partial charge on any atom is 0.506 e. The van der Waals surface area contributed by atoms with Crippen LogP contribution in [0.2, 0.25) is 0 Å². The standard InChI is InChI=1S/C20H27NO9/c1-11-8-17(28-12(2)22)18(29-13(3)23)19(27-11)30-16-5-4-14(10-26-20(24)25)9-15(16)6-7-21/h4-5,9,11,17-19H,6-8,10,21H2,1-3H3,(H,24,25)/t11?,17?,18-,19?/m1/s1. The van der Waals surface area contributed by atoms with Crippen LogP contribution in [0.25, 0.3) is 0 Å². The lowest BCUT2D eigenvalue weighted by molar-refractivity contribution is -0.246. The van der Waals surface area contributed by atoms with Gasteiger partial charge in [0.05, 0.1) is 6.10 Å². The van der Waals surface area contributed by atoms with Crippen molar-refractivity contribution in [1.82, 2.24) is 0 Å². The predicted molar refractivity (Wildman–Crippen MR) is 103 cm³/mol. The first-order valence-corrected chi connectivity index (χ1v) is 9.53. The van der Waals surface area contributed by atoms with Crippen molar-refractivity contribution in [3.05, 3.63) is 29.3 Å². The van der Waals surface area contributed by atoms with Crippen LogP contribution in [0.3, 0.4) is 0 Å². The Kier molecular flexibility index (Phi) is 8.43. The summed E-state index contributed by atoms with van der Waals surface area (Å²) in [7, 11) is 0. The summed E-state index contributed by atoms with van der Waals surface area (Å²) >= 11 is 0. The maximum atomic E-state index is 11.6. The molecule has 1 aromatic carbocycles. The van der Waals surface area contributed by atoms with E-state index in [9.17, 15) is 14.4 Å². The summed E-state index contributed by atoms with van der Waals surface area (Å²) in [5.41, 5.74) is 7.02. The SMILES string of the molecule is CC(=O)OC1CC(C)OC(Oc2ccc(COC(=O)O)cc2CCN)[C@@H]1OC(C)=O. The molecule has 0 amide bonds. The fourth-order valence-electron chi connectivity index (χ4n) is 3.20. The number of carbonyl (C=O) groups is 3. The summed E-state index contributed by atoms with van der Waals surface area (Å²) in [5, 5.41) is 8.67. The van der Waals surface area contributed by atoms with E-state index in [-0.39, 0.29) is 12.7 Å². The lowest BCUT2D eigenvalue weighted by Gasteiger charge is -2.39. The molecular formula is C20H27NO9. The van der Waals surface area contributed by atoms with E-state index in [2.05, 4.69) is 4.74 Å². The minimum absolute atomic E-state index is 0.116. The second-order valence-corrected chi connectivity index (χ2v) is 6.93. The number of ether oxygens (including phenoxy) is 5. The van der Waals surface area contributed by atoms with Crippen molar-refractivity contribution >= 4 is 18.1 Å². The van der Waals surface area contributed by atoms with Gasteiger partial charge in [-0.25, -0.2) is 4.79 Å². The van der Waals surface area contributed by atoms with E-state index >= 15 is 0 Å². The Morgan fingerprint density at radius 2 is 1.90 bits per heavy atom. The fourth-order valence-corrected chi connectivity index (χ4v) is 3.20. The molecule has 0 aromatic heterocycles. The molecule has 10 nitrogen and oxygen atoms in total. The van der Waals surface area contributed by atoms with Crippen LogP contribution in [0.5, 0.6) is 5.75 Å². The van der Waals surface area contributed by atoms with Crippen LogP contribution in [0.4, 0.5) is 4.79 Å². The molecule has 0 bridgehead atoms. The lowest BCUT2D eigenvalue weighted by Crippen LogP contribution is -2.53. The van der Waals surface area contributed by atoms with Crippen LogP contribution in [0, 0.1) is 0 Å². The zero-order valence-electron chi connectivity index (χ0n) is 17.2. The van der Waals surface area contributed by atoms with E-state index in [4.69, 9.17) is 29.8 Å². The van der Waals surface area contributed by atoms with Crippen LogP contribution < -0.4 is 10.5 Å². The van der Waals surface area contributed by atoms with E-state index in [1.165, 1.54) is 13.8 Å². The molecule has 0 spiro atoms. The molecule has 3 unspecified atom stereocenters. The first-order valence-electron chi connectivity index (χ1n) is 9.53. The van der Waals surface area contributed by atoms with Crippen LogP contribution >= 0.6 is 0 Å². The van der Waals surface area contributed by atoms with E-state index in [1.54, 1.807) is 25.1 Å². The van der Waals surface area contributed by atoms with E-state index in [0.717, 1.165) is 0 Å². The van der Waals surface area contributed by atoms with Gasteiger partial charge in [0.2, 0.25) is 12.4 Å². The Balaban J connectivity index is 2.27. The Labute approximate surface area is 174 Å². The molecule has 0 saturated carbocycles. The summed E-state index contributed by atoms with van der Waals surface area (Å²) in [6.07, 6.45) is -3.58. The summed E-state index contributed by atoms with van der Waals surface area (Å²) in [4.78, 5) is 33.7. The first-order chi connectivity index (χ1) is 14.2. The third kappa shape index (κ3) is 6.89. The van der Waals surface area contributed by atoms with Gasteiger partial charge < -0.3 is 34.5 Å². The van der Waals surface area contributed by atoms with Crippen LogP contribution in [0.1, 0.15) is 38.3 Å². The maximum absolute atomic E-state index is 11.6. The molecule has 2 rings (SSSR count). The zero-order valence-corrected chi connectivity index (χ0v) is 17.2. The molecule has 166 valence electrons. The van der Waals surface area contributed by atoms with E-state index < -0.39 is 36.6 Å². The summed E-state index contributed by atoms with van der Waals surface area (Å²) in [6.45, 7) is 4.53. The average molecular weight is 425 g/mol. The van der Waals surface area contributed by atoms with Gasteiger partial charge in [0.15, 0.2) is 0 Å². The number of rotatable bonds is 8. The minimum Gasteiger partial charge on any atom is -0.460 e. The van der Waals surface area contributed by atoms with Crippen molar-refractivity contribution in [2.75, 3.05) is 6.54 Å². The number of benzene rings is 1. The molecule has 0 radical (unpaired) electrons. The highest BCUT2D eigenvalue weighted by molar-refractivity contribution is 5.67. The minimum atomic E-state index is -1.37. The third-order valence-electron chi connectivity index (χ3n) is 4.33. The molecule has 1 fully saturated rings. The number of hydrogen-bond donors (Lipinski definition) is 2. The van der Waals surface area contributed by atoms with Gasteiger partial charge in [-0.2, -0.15) is 0 Å². The molecule has 1 aromatic rings. The van der Waals surface area contributed by atoms with Crippen molar-refractivity contribution in [2.45, 2.75) is 64.8 Å². The number of hydrogen-bond acceptors (Lipinski definition) is 9. The first kappa shape index (κ1) is 23.4. The normalized spacial score (nSPS) is 23.3. The van der Waals surface area contributed by atoms with Crippen molar-refractivity contribution in [3.63, 3.8) is 0 Å². The van der Waals surface area contributed by atoms with Crippen LogP contribution in [-0.2, 0) is 41.6 Å². The van der Waals surface area contributed by atoms with Crippen molar-refractivity contribution < 1.29 is 43.2 Å². The monoisotopic (exact) mass is 425 g/mol. The fraction of sp³-hybridized carbons (Fsp3) is 0.550. The van der Waals surface area contributed by atoms with Gasteiger partial charge >= 0.3 is 18.1 Å². The summed E-state index contributed by atoms with van der Waals surface area (Å²) in [6, 6.07) is 5.01. The van der Waals surface area contributed by atoms with Gasteiger partial charge in [-0.05, 0) is 43.1 Å². The van der Waals surface area contributed by atoms with Crippen molar-refractivity contribution in [3.8, 4) is 5.75 Å². The largest absolute Gasteiger partial charge is 0.506 e. The topological polar surface area (TPSA) is 144 Å². The molecule has 0 aliphatic carbocycles.